The number of guanidine groups is 1. The smallest absolute Gasteiger partial charge is 0.191 e. The fourth-order valence-corrected chi connectivity index (χ4v) is 2.15. The molecule has 0 bridgehead atoms. The van der Waals surface area contributed by atoms with E-state index < -0.39 is 0 Å². The summed E-state index contributed by atoms with van der Waals surface area (Å²) in [5.41, 5.74) is 0. The number of rotatable bonds is 9. The molecule has 0 saturated carbocycles. The van der Waals surface area contributed by atoms with Crippen LogP contribution < -0.4 is 10.6 Å². The van der Waals surface area contributed by atoms with Gasteiger partial charge in [-0.2, -0.15) is 0 Å². The fourth-order valence-electron chi connectivity index (χ4n) is 2.15. The van der Waals surface area contributed by atoms with E-state index in [2.05, 4.69) is 48.3 Å². The van der Waals surface area contributed by atoms with Crippen molar-refractivity contribution in [2.45, 2.75) is 46.6 Å². The molecule has 1 heterocycles. The number of hydrogen-bond donors (Lipinski definition) is 2. The zero-order valence-corrected chi connectivity index (χ0v) is 14.8. The quantitative estimate of drug-likeness (QED) is 0.544. The van der Waals surface area contributed by atoms with Gasteiger partial charge in [-0.05, 0) is 52.9 Å². The Labute approximate surface area is 135 Å². The summed E-state index contributed by atoms with van der Waals surface area (Å²) in [5, 5.41) is 6.68. The molecule has 126 valence electrons. The van der Waals surface area contributed by atoms with Gasteiger partial charge >= 0.3 is 0 Å². The first-order valence-electron chi connectivity index (χ1n) is 8.36. The van der Waals surface area contributed by atoms with Gasteiger partial charge in [0, 0.05) is 13.1 Å². The van der Waals surface area contributed by atoms with Crippen molar-refractivity contribution in [3.63, 3.8) is 0 Å². The van der Waals surface area contributed by atoms with Gasteiger partial charge in [-0.1, -0.05) is 13.3 Å². The molecular weight excluding hydrogens is 276 g/mol. The van der Waals surface area contributed by atoms with Gasteiger partial charge in [-0.3, -0.25) is 4.99 Å². The van der Waals surface area contributed by atoms with E-state index in [0.717, 1.165) is 43.7 Å². The molecule has 0 aliphatic heterocycles. The van der Waals surface area contributed by atoms with Gasteiger partial charge < -0.3 is 20.0 Å². The number of aryl methyl sites for hydroxylation is 1. The molecule has 1 unspecified atom stereocenters. The number of nitrogens with one attached hydrogen (secondary N) is 2. The van der Waals surface area contributed by atoms with E-state index in [4.69, 9.17) is 4.42 Å². The Bertz CT molecular complexity index is 442. The van der Waals surface area contributed by atoms with Gasteiger partial charge in [-0.15, -0.1) is 0 Å². The number of aliphatic imine (C=N–C) groups is 1. The van der Waals surface area contributed by atoms with E-state index in [-0.39, 0.29) is 6.04 Å². The highest BCUT2D eigenvalue weighted by Crippen LogP contribution is 2.15. The first kappa shape index (κ1) is 18.6. The maximum absolute atomic E-state index is 5.66. The summed E-state index contributed by atoms with van der Waals surface area (Å²) >= 11 is 0. The Morgan fingerprint density at radius 2 is 2.09 bits per heavy atom. The highest BCUT2D eigenvalue weighted by atomic mass is 16.3. The van der Waals surface area contributed by atoms with Crippen molar-refractivity contribution in [2.75, 3.05) is 33.2 Å². The first-order chi connectivity index (χ1) is 10.6. The zero-order valence-electron chi connectivity index (χ0n) is 14.8. The molecule has 0 aromatic carbocycles. The standard InChI is InChI=1S/C17H32N4O/c1-6-8-12-21(5)13-11-19-17(18-7-2)20-15(4)16-10-9-14(3)22-16/h9-10,15H,6-8,11-13H2,1-5H3,(H2,18,19,20). The Balaban J connectivity index is 2.47. The van der Waals surface area contributed by atoms with Crippen LogP contribution in [0, 0.1) is 6.92 Å². The summed E-state index contributed by atoms with van der Waals surface area (Å²) < 4.78 is 5.66. The van der Waals surface area contributed by atoms with Crippen molar-refractivity contribution < 1.29 is 4.42 Å². The topological polar surface area (TPSA) is 52.8 Å². The molecule has 1 aromatic rings. The SMILES string of the molecule is CCCCN(C)CCN=C(NCC)NC(C)c1ccc(C)o1. The van der Waals surface area contributed by atoms with Crippen LogP contribution in [0.4, 0.5) is 0 Å². The summed E-state index contributed by atoms with van der Waals surface area (Å²) in [5.74, 6) is 2.71. The lowest BCUT2D eigenvalue weighted by atomic mass is 10.2. The third-order valence-electron chi connectivity index (χ3n) is 3.53. The second-order valence-corrected chi connectivity index (χ2v) is 5.73. The predicted molar refractivity (Wildman–Crippen MR) is 93.4 cm³/mol. The Kier molecular flexibility index (Phi) is 8.67. The lowest BCUT2D eigenvalue weighted by Crippen LogP contribution is -2.39. The number of nitrogens with zero attached hydrogens (tertiary/aromatic N) is 2. The first-order valence-corrected chi connectivity index (χ1v) is 8.36. The Morgan fingerprint density at radius 1 is 1.32 bits per heavy atom. The summed E-state index contributed by atoms with van der Waals surface area (Å²) in [7, 11) is 2.15. The van der Waals surface area contributed by atoms with Gasteiger partial charge in [0.2, 0.25) is 0 Å². The number of likely N-dealkylation sites (N-methyl/N-ethyl adjacent to an activating group) is 1. The van der Waals surface area contributed by atoms with Crippen LogP contribution >= 0.6 is 0 Å². The molecule has 22 heavy (non-hydrogen) atoms. The Morgan fingerprint density at radius 3 is 2.68 bits per heavy atom. The van der Waals surface area contributed by atoms with Gasteiger partial charge in [0.15, 0.2) is 5.96 Å². The van der Waals surface area contributed by atoms with E-state index in [0.29, 0.717) is 0 Å². The van der Waals surface area contributed by atoms with Crippen LogP contribution in [0.25, 0.3) is 0 Å². The molecule has 5 heteroatoms. The van der Waals surface area contributed by atoms with Crippen molar-refractivity contribution >= 4 is 5.96 Å². The minimum absolute atomic E-state index is 0.101. The number of furan rings is 1. The molecule has 0 aliphatic carbocycles. The maximum atomic E-state index is 5.66. The monoisotopic (exact) mass is 308 g/mol. The minimum atomic E-state index is 0.101. The van der Waals surface area contributed by atoms with E-state index >= 15 is 0 Å². The molecule has 1 atom stereocenters. The molecule has 0 aliphatic rings. The Hall–Kier alpha value is -1.49. The van der Waals surface area contributed by atoms with Crippen molar-refractivity contribution in [1.29, 1.82) is 0 Å². The maximum Gasteiger partial charge on any atom is 0.191 e. The van der Waals surface area contributed by atoms with Crippen LogP contribution in [-0.4, -0.2) is 44.1 Å². The van der Waals surface area contributed by atoms with Crippen molar-refractivity contribution in [3.05, 3.63) is 23.7 Å². The zero-order chi connectivity index (χ0) is 16.4. The molecule has 0 spiro atoms. The normalized spacial score (nSPS) is 13.5. The van der Waals surface area contributed by atoms with Gasteiger partial charge in [0.05, 0.1) is 12.6 Å². The highest BCUT2D eigenvalue weighted by Gasteiger charge is 2.11. The van der Waals surface area contributed by atoms with Crippen LogP contribution in [0.2, 0.25) is 0 Å². The molecule has 5 nitrogen and oxygen atoms in total. The average molecular weight is 308 g/mol. The molecule has 0 radical (unpaired) electrons. The van der Waals surface area contributed by atoms with Gasteiger partial charge in [0.1, 0.15) is 11.5 Å². The largest absolute Gasteiger partial charge is 0.464 e. The lowest BCUT2D eigenvalue weighted by Gasteiger charge is -2.18. The van der Waals surface area contributed by atoms with Crippen molar-refractivity contribution in [1.82, 2.24) is 15.5 Å². The third kappa shape index (κ3) is 6.98. The van der Waals surface area contributed by atoms with Crippen LogP contribution in [0.1, 0.15) is 51.2 Å². The molecule has 1 aromatic heterocycles. The van der Waals surface area contributed by atoms with Crippen LogP contribution in [0.15, 0.2) is 21.5 Å². The second kappa shape index (κ2) is 10.3. The molecule has 0 fully saturated rings. The molecule has 1 rings (SSSR count). The third-order valence-corrected chi connectivity index (χ3v) is 3.53. The molecular formula is C17H32N4O. The van der Waals surface area contributed by atoms with E-state index in [1.54, 1.807) is 0 Å². The summed E-state index contributed by atoms with van der Waals surface area (Å²) in [4.78, 5) is 6.97. The fraction of sp³-hybridized carbons (Fsp3) is 0.706. The molecule has 0 saturated heterocycles. The summed E-state index contributed by atoms with van der Waals surface area (Å²) in [6.45, 7) is 12.1. The predicted octanol–water partition coefficient (Wildman–Crippen LogP) is 2.94. The molecule has 0 amide bonds. The van der Waals surface area contributed by atoms with Crippen molar-refractivity contribution in [3.8, 4) is 0 Å². The average Bonchev–Trinajstić information content (AvgIpc) is 2.92. The van der Waals surface area contributed by atoms with Crippen LogP contribution in [0.5, 0.6) is 0 Å². The minimum Gasteiger partial charge on any atom is -0.464 e. The second-order valence-electron chi connectivity index (χ2n) is 5.73. The van der Waals surface area contributed by atoms with Crippen LogP contribution in [0.3, 0.4) is 0 Å². The summed E-state index contributed by atoms with van der Waals surface area (Å²) in [6.07, 6.45) is 2.48. The van der Waals surface area contributed by atoms with Gasteiger partial charge in [-0.25, -0.2) is 0 Å². The summed E-state index contributed by atoms with van der Waals surface area (Å²) in [6, 6.07) is 4.10. The van der Waals surface area contributed by atoms with Crippen LogP contribution in [-0.2, 0) is 0 Å². The van der Waals surface area contributed by atoms with E-state index in [1.807, 2.05) is 19.1 Å². The van der Waals surface area contributed by atoms with E-state index in [1.165, 1.54) is 12.8 Å². The molecule has 2 N–H and O–H groups in total. The lowest BCUT2D eigenvalue weighted by molar-refractivity contribution is 0.337. The van der Waals surface area contributed by atoms with Crippen molar-refractivity contribution in [2.24, 2.45) is 4.99 Å². The van der Waals surface area contributed by atoms with E-state index in [9.17, 15) is 0 Å². The number of unbranched alkanes of at least 4 members (excludes halogenated alkanes) is 1. The van der Waals surface area contributed by atoms with Gasteiger partial charge in [0.25, 0.3) is 0 Å². The number of hydrogen-bond acceptors (Lipinski definition) is 3. The highest BCUT2D eigenvalue weighted by molar-refractivity contribution is 5.80.